The number of rotatable bonds is 7. The summed E-state index contributed by atoms with van der Waals surface area (Å²) >= 11 is 9.68. The SMILES string of the molecule is Cc1cc([N+](=O)[O-])ccc1NC(=O)CCCOc1cc(C)c(Cl)c(C)c1Br. The van der Waals surface area contributed by atoms with Crippen LogP contribution in [0.4, 0.5) is 11.4 Å². The van der Waals surface area contributed by atoms with Crippen LogP contribution in [0.1, 0.15) is 29.5 Å². The first-order valence-corrected chi connectivity index (χ1v) is 9.50. The fourth-order valence-corrected chi connectivity index (χ4v) is 3.22. The second kappa shape index (κ2) is 9.19. The van der Waals surface area contributed by atoms with Gasteiger partial charge in [-0.25, -0.2) is 0 Å². The van der Waals surface area contributed by atoms with E-state index in [-0.39, 0.29) is 18.0 Å². The van der Waals surface area contributed by atoms with E-state index in [0.29, 0.717) is 35.1 Å². The van der Waals surface area contributed by atoms with Crippen molar-refractivity contribution in [3.63, 3.8) is 0 Å². The molecule has 6 nitrogen and oxygen atoms in total. The van der Waals surface area contributed by atoms with Crippen LogP contribution in [0.15, 0.2) is 28.7 Å². The quantitative estimate of drug-likeness (QED) is 0.328. The molecule has 0 bridgehead atoms. The van der Waals surface area contributed by atoms with Gasteiger partial charge in [0.05, 0.1) is 16.0 Å². The molecule has 2 aromatic rings. The molecule has 0 aliphatic heterocycles. The maximum atomic E-state index is 12.1. The summed E-state index contributed by atoms with van der Waals surface area (Å²) in [5.41, 5.74) is 3.05. The molecule has 2 rings (SSSR count). The molecule has 0 heterocycles. The average molecular weight is 456 g/mol. The van der Waals surface area contributed by atoms with Crippen molar-refractivity contribution < 1.29 is 14.5 Å². The Labute approximate surface area is 171 Å². The number of hydrogen-bond donors (Lipinski definition) is 1. The van der Waals surface area contributed by atoms with Crippen LogP contribution in [0.2, 0.25) is 5.02 Å². The van der Waals surface area contributed by atoms with Gasteiger partial charge in [0.2, 0.25) is 5.91 Å². The number of halogens is 2. The van der Waals surface area contributed by atoms with Gasteiger partial charge in [-0.05, 0) is 71.9 Å². The number of ether oxygens (including phenoxy) is 1. The van der Waals surface area contributed by atoms with E-state index in [9.17, 15) is 14.9 Å². The van der Waals surface area contributed by atoms with Gasteiger partial charge in [0, 0.05) is 29.3 Å². The van der Waals surface area contributed by atoms with E-state index >= 15 is 0 Å². The maximum absolute atomic E-state index is 12.1. The molecule has 8 heteroatoms. The summed E-state index contributed by atoms with van der Waals surface area (Å²) in [6.45, 7) is 5.92. The van der Waals surface area contributed by atoms with Gasteiger partial charge >= 0.3 is 0 Å². The van der Waals surface area contributed by atoms with E-state index in [1.165, 1.54) is 18.2 Å². The molecule has 0 saturated carbocycles. The number of carbonyl (C=O) groups excluding carboxylic acids is 1. The minimum absolute atomic E-state index is 0.00183. The van der Waals surface area contributed by atoms with E-state index < -0.39 is 4.92 Å². The number of nitrogens with one attached hydrogen (secondary N) is 1. The van der Waals surface area contributed by atoms with E-state index in [1.807, 2.05) is 19.9 Å². The fourth-order valence-electron chi connectivity index (χ4n) is 2.53. The normalized spacial score (nSPS) is 10.6. The lowest BCUT2D eigenvalue weighted by atomic mass is 10.1. The first-order valence-electron chi connectivity index (χ1n) is 8.33. The van der Waals surface area contributed by atoms with Gasteiger partial charge < -0.3 is 10.1 Å². The van der Waals surface area contributed by atoms with Gasteiger partial charge in [-0.1, -0.05) is 11.6 Å². The van der Waals surface area contributed by atoms with Crippen molar-refractivity contribution in [2.45, 2.75) is 33.6 Å². The molecule has 0 unspecified atom stereocenters. The van der Waals surface area contributed by atoms with Gasteiger partial charge in [-0.2, -0.15) is 0 Å². The van der Waals surface area contributed by atoms with E-state index in [0.717, 1.165) is 15.6 Å². The summed E-state index contributed by atoms with van der Waals surface area (Å²) in [6, 6.07) is 6.20. The Balaban J connectivity index is 1.86. The zero-order valence-corrected chi connectivity index (χ0v) is 17.6. The van der Waals surface area contributed by atoms with Crippen LogP contribution in [-0.4, -0.2) is 17.4 Å². The number of non-ortho nitro benzene ring substituents is 1. The summed E-state index contributed by atoms with van der Waals surface area (Å²) in [5.74, 6) is 0.527. The highest BCUT2D eigenvalue weighted by Gasteiger charge is 2.12. The zero-order valence-electron chi connectivity index (χ0n) is 15.3. The number of hydrogen-bond acceptors (Lipinski definition) is 4. The van der Waals surface area contributed by atoms with Crippen LogP contribution >= 0.6 is 27.5 Å². The first kappa shape index (κ1) is 21.2. The van der Waals surface area contributed by atoms with Crippen LogP contribution in [0.3, 0.4) is 0 Å². The number of nitro groups is 1. The minimum Gasteiger partial charge on any atom is -0.492 e. The van der Waals surface area contributed by atoms with Crippen LogP contribution in [0.25, 0.3) is 0 Å². The van der Waals surface area contributed by atoms with Crippen molar-refractivity contribution in [3.05, 3.63) is 60.6 Å². The smallest absolute Gasteiger partial charge is 0.269 e. The lowest BCUT2D eigenvalue weighted by Gasteiger charge is -2.13. The number of anilines is 1. The average Bonchev–Trinajstić information content (AvgIpc) is 2.62. The Hall–Kier alpha value is -2.12. The molecule has 1 N–H and O–H groups in total. The summed E-state index contributed by atoms with van der Waals surface area (Å²) in [4.78, 5) is 22.4. The van der Waals surface area contributed by atoms with E-state index in [2.05, 4.69) is 21.2 Å². The summed E-state index contributed by atoms with van der Waals surface area (Å²) < 4.78 is 6.57. The molecule has 0 fully saturated rings. The highest BCUT2D eigenvalue weighted by Crippen LogP contribution is 2.35. The predicted octanol–water partition coefficient (Wildman–Crippen LogP) is 5.73. The van der Waals surface area contributed by atoms with Crippen molar-refractivity contribution in [1.82, 2.24) is 0 Å². The van der Waals surface area contributed by atoms with Gasteiger partial charge in [0.25, 0.3) is 5.69 Å². The zero-order chi connectivity index (χ0) is 20.1. The summed E-state index contributed by atoms with van der Waals surface area (Å²) in [7, 11) is 0. The van der Waals surface area contributed by atoms with Crippen molar-refractivity contribution in [1.29, 1.82) is 0 Å². The Kier molecular flexibility index (Phi) is 7.21. The largest absolute Gasteiger partial charge is 0.492 e. The minimum atomic E-state index is -0.464. The van der Waals surface area contributed by atoms with Gasteiger partial charge in [-0.3, -0.25) is 14.9 Å². The highest BCUT2D eigenvalue weighted by molar-refractivity contribution is 9.10. The molecule has 1 amide bonds. The summed E-state index contributed by atoms with van der Waals surface area (Å²) in [6.07, 6.45) is 0.810. The van der Waals surface area contributed by atoms with Crippen LogP contribution in [0, 0.1) is 30.9 Å². The number of benzene rings is 2. The standard InChI is InChI=1S/C19H20BrClN2O4/c1-11-9-14(23(25)26)6-7-15(11)22-17(24)5-4-8-27-16-10-12(2)19(21)13(3)18(16)20/h6-7,9-10H,4-5,8H2,1-3H3,(H,22,24). The number of carbonyl (C=O) groups is 1. The molecule has 144 valence electrons. The molecule has 0 aromatic heterocycles. The van der Waals surface area contributed by atoms with Gasteiger partial charge in [0.1, 0.15) is 5.75 Å². The summed E-state index contributed by atoms with van der Waals surface area (Å²) in [5, 5.41) is 14.2. The molecular weight excluding hydrogens is 436 g/mol. The Bertz CT molecular complexity index is 886. The van der Waals surface area contributed by atoms with Crippen molar-refractivity contribution in [3.8, 4) is 5.75 Å². The molecule has 27 heavy (non-hydrogen) atoms. The lowest BCUT2D eigenvalue weighted by Crippen LogP contribution is -2.13. The van der Waals surface area contributed by atoms with Gasteiger partial charge in [-0.15, -0.1) is 0 Å². The van der Waals surface area contributed by atoms with E-state index in [4.69, 9.17) is 16.3 Å². The second-order valence-corrected chi connectivity index (χ2v) is 7.37. The predicted molar refractivity (Wildman–Crippen MR) is 110 cm³/mol. The number of nitrogens with zero attached hydrogens (tertiary/aromatic N) is 1. The number of amides is 1. The number of nitro benzene ring substituents is 1. The maximum Gasteiger partial charge on any atom is 0.269 e. The van der Waals surface area contributed by atoms with Crippen molar-refractivity contribution in [2.75, 3.05) is 11.9 Å². The Morgan fingerprint density at radius 1 is 1.26 bits per heavy atom. The fraction of sp³-hybridized carbons (Fsp3) is 0.316. The molecule has 0 aliphatic rings. The topological polar surface area (TPSA) is 81.5 Å². The number of aryl methyl sites for hydroxylation is 2. The van der Waals surface area contributed by atoms with Crippen LogP contribution in [-0.2, 0) is 4.79 Å². The second-order valence-electron chi connectivity index (χ2n) is 6.20. The Morgan fingerprint density at radius 3 is 2.59 bits per heavy atom. The third-order valence-corrected chi connectivity index (χ3v) is 5.64. The molecule has 2 aromatic carbocycles. The third-order valence-electron chi connectivity index (χ3n) is 4.07. The first-order chi connectivity index (χ1) is 12.7. The molecular formula is C19H20BrClN2O4. The van der Waals surface area contributed by atoms with Crippen molar-refractivity contribution in [2.24, 2.45) is 0 Å². The molecule has 0 saturated heterocycles. The lowest BCUT2D eigenvalue weighted by molar-refractivity contribution is -0.384. The molecule has 0 spiro atoms. The molecule has 0 atom stereocenters. The molecule has 0 radical (unpaired) electrons. The van der Waals surface area contributed by atoms with Gasteiger partial charge in [0.15, 0.2) is 0 Å². The third kappa shape index (κ3) is 5.43. The monoisotopic (exact) mass is 454 g/mol. The van der Waals surface area contributed by atoms with E-state index in [1.54, 1.807) is 6.92 Å². The van der Waals surface area contributed by atoms with Crippen LogP contribution in [0.5, 0.6) is 5.75 Å². The molecule has 0 aliphatic carbocycles. The van der Waals surface area contributed by atoms with Crippen molar-refractivity contribution >= 4 is 44.8 Å². The van der Waals surface area contributed by atoms with Crippen LogP contribution < -0.4 is 10.1 Å². The Morgan fingerprint density at radius 2 is 1.96 bits per heavy atom. The highest BCUT2D eigenvalue weighted by atomic mass is 79.9.